The molecule has 0 spiro atoms. The molecule has 0 fully saturated rings. The Bertz CT molecular complexity index is 1320. The van der Waals surface area contributed by atoms with E-state index in [9.17, 15) is 9.59 Å². The van der Waals surface area contributed by atoms with E-state index in [-0.39, 0.29) is 24.1 Å². The highest BCUT2D eigenvalue weighted by atomic mass is 32.2. The number of carbonyl (C=O) groups excluding carboxylic acids is 2. The second-order valence-electron chi connectivity index (χ2n) is 7.47. The molecule has 2 aromatic carbocycles. The van der Waals surface area contributed by atoms with Crippen molar-refractivity contribution in [1.82, 2.24) is 25.1 Å². The van der Waals surface area contributed by atoms with Gasteiger partial charge in [-0.25, -0.2) is 4.98 Å². The summed E-state index contributed by atoms with van der Waals surface area (Å²) in [5.41, 5.74) is 2.45. The molecule has 0 unspecified atom stereocenters. The Balaban J connectivity index is 1.36. The maximum absolute atomic E-state index is 12.6. The summed E-state index contributed by atoms with van der Waals surface area (Å²) in [5, 5.41) is 15.3. The monoisotopic (exact) mass is 504 g/mol. The van der Waals surface area contributed by atoms with Gasteiger partial charge in [-0.15, -0.1) is 28.1 Å². The lowest BCUT2D eigenvalue weighted by molar-refractivity contribution is -0.113. The van der Waals surface area contributed by atoms with Crippen molar-refractivity contribution in [3.8, 4) is 11.3 Å². The fourth-order valence-electron chi connectivity index (χ4n) is 3.32. The van der Waals surface area contributed by atoms with Crippen LogP contribution in [0.1, 0.15) is 21.1 Å². The molecule has 2 aromatic heterocycles. The zero-order valence-corrected chi connectivity index (χ0v) is 20.7. The highest BCUT2D eigenvalue weighted by molar-refractivity contribution is 7.99. The Hall–Kier alpha value is -3.76. The molecule has 0 bridgehead atoms. The molecule has 4 aromatic rings. The first-order valence-corrected chi connectivity index (χ1v) is 12.7. The maximum Gasteiger partial charge on any atom is 0.251 e. The van der Waals surface area contributed by atoms with Crippen LogP contribution in [0.3, 0.4) is 0 Å². The van der Waals surface area contributed by atoms with E-state index in [0.29, 0.717) is 28.2 Å². The normalized spacial score (nSPS) is 10.7. The van der Waals surface area contributed by atoms with Crippen molar-refractivity contribution >= 4 is 40.0 Å². The van der Waals surface area contributed by atoms with Crippen LogP contribution in [0.4, 0.5) is 5.13 Å². The Morgan fingerprint density at radius 3 is 2.51 bits per heavy atom. The molecule has 35 heavy (non-hydrogen) atoms. The van der Waals surface area contributed by atoms with Crippen molar-refractivity contribution < 1.29 is 9.59 Å². The van der Waals surface area contributed by atoms with Gasteiger partial charge in [0.1, 0.15) is 0 Å². The molecule has 2 N–H and O–H groups in total. The lowest BCUT2D eigenvalue weighted by Crippen LogP contribution is -2.24. The summed E-state index contributed by atoms with van der Waals surface area (Å²) in [6, 6.07) is 18.8. The fraction of sp³-hybridized carbons (Fsp3) is 0.160. The van der Waals surface area contributed by atoms with Crippen molar-refractivity contribution in [3.63, 3.8) is 0 Å². The van der Waals surface area contributed by atoms with Gasteiger partial charge in [0, 0.05) is 22.5 Å². The molecule has 2 heterocycles. The van der Waals surface area contributed by atoms with E-state index in [1.165, 1.54) is 23.1 Å². The molecule has 178 valence electrons. The number of rotatable bonds is 10. The summed E-state index contributed by atoms with van der Waals surface area (Å²) in [6.45, 7) is 6.44. The molecule has 0 saturated heterocycles. The van der Waals surface area contributed by atoms with E-state index in [2.05, 4.69) is 32.4 Å². The molecule has 0 aliphatic heterocycles. The Morgan fingerprint density at radius 1 is 1.09 bits per heavy atom. The number of nitrogens with zero attached hydrogens (tertiary/aromatic N) is 4. The van der Waals surface area contributed by atoms with Crippen LogP contribution in [0, 0.1) is 6.92 Å². The summed E-state index contributed by atoms with van der Waals surface area (Å²) in [6.07, 6.45) is 1.72. The van der Waals surface area contributed by atoms with Crippen molar-refractivity contribution in [2.24, 2.45) is 0 Å². The number of thioether (sulfide) groups is 1. The van der Waals surface area contributed by atoms with Crippen LogP contribution in [-0.4, -0.2) is 37.3 Å². The lowest BCUT2D eigenvalue weighted by Gasteiger charge is -2.09. The first-order valence-electron chi connectivity index (χ1n) is 10.9. The summed E-state index contributed by atoms with van der Waals surface area (Å²) >= 11 is 2.71. The molecule has 4 rings (SSSR count). The fourth-order valence-corrected chi connectivity index (χ4v) is 4.94. The predicted octanol–water partition coefficient (Wildman–Crippen LogP) is 4.56. The maximum atomic E-state index is 12.6. The number of aromatic nitrogens is 4. The van der Waals surface area contributed by atoms with E-state index >= 15 is 0 Å². The molecule has 0 aliphatic carbocycles. The van der Waals surface area contributed by atoms with E-state index < -0.39 is 0 Å². The number of hydrogen-bond donors (Lipinski definition) is 2. The summed E-state index contributed by atoms with van der Waals surface area (Å²) in [7, 11) is 0. The highest BCUT2D eigenvalue weighted by Crippen LogP contribution is 2.30. The SMILES string of the molecule is C=CCn1c(CNC(=O)c2ccccc2)nnc1SCC(=O)Nc1nc(-c2ccccc2)c(C)s1. The van der Waals surface area contributed by atoms with Gasteiger partial charge in [-0.05, 0) is 19.1 Å². The largest absolute Gasteiger partial charge is 0.345 e. The van der Waals surface area contributed by atoms with Crippen LogP contribution >= 0.6 is 23.1 Å². The quantitative estimate of drug-likeness (QED) is 0.243. The number of nitrogens with one attached hydrogen (secondary N) is 2. The minimum Gasteiger partial charge on any atom is -0.345 e. The van der Waals surface area contributed by atoms with Gasteiger partial charge >= 0.3 is 0 Å². The average Bonchev–Trinajstić information content (AvgIpc) is 3.44. The second-order valence-corrected chi connectivity index (χ2v) is 9.62. The lowest BCUT2D eigenvalue weighted by atomic mass is 10.1. The Labute approximate surface area is 211 Å². The van der Waals surface area contributed by atoms with Gasteiger partial charge in [-0.3, -0.25) is 9.59 Å². The average molecular weight is 505 g/mol. The van der Waals surface area contributed by atoms with Gasteiger partial charge in [-0.1, -0.05) is 66.4 Å². The Morgan fingerprint density at radius 2 is 1.80 bits per heavy atom. The smallest absolute Gasteiger partial charge is 0.251 e. The third kappa shape index (κ3) is 6.23. The molecule has 2 amide bonds. The van der Waals surface area contributed by atoms with E-state index in [4.69, 9.17) is 0 Å². The van der Waals surface area contributed by atoms with Crippen molar-refractivity contribution in [1.29, 1.82) is 0 Å². The van der Waals surface area contributed by atoms with Crippen LogP contribution in [0.2, 0.25) is 0 Å². The van der Waals surface area contributed by atoms with Gasteiger partial charge in [0.15, 0.2) is 16.1 Å². The summed E-state index contributed by atoms with van der Waals surface area (Å²) in [4.78, 5) is 30.6. The first kappa shape index (κ1) is 24.4. The third-order valence-corrected chi connectivity index (χ3v) is 6.82. The number of hydrogen-bond acceptors (Lipinski definition) is 7. The number of benzene rings is 2. The van der Waals surface area contributed by atoms with Gasteiger partial charge in [0.2, 0.25) is 5.91 Å². The van der Waals surface area contributed by atoms with Crippen molar-refractivity contribution in [2.75, 3.05) is 11.1 Å². The van der Waals surface area contributed by atoms with E-state index in [0.717, 1.165) is 16.1 Å². The summed E-state index contributed by atoms with van der Waals surface area (Å²) < 4.78 is 1.83. The molecular weight excluding hydrogens is 480 g/mol. The van der Waals surface area contributed by atoms with E-state index in [1.54, 1.807) is 18.2 Å². The van der Waals surface area contributed by atoms with Gasteiger partial charge in [-0.2, -0.15) is 0 Å². The zero-order chi connectivity index (χ0) is 24.6. The van der Waals surface area contributed by atoms with Crippen molar-refractivity contribution in [3.05, 3.63) is 89.6 Å². The van der Waals surface area contributed by atoms with E-state index in [1.807, 2.05) is 60.0 Å². The predicted molar refractivity (Wildman–Crippen MR) is 139 cm³/mol. The molecular formula is C25H24N6O2S2. The molecule has 0 radical (unpaired) electrons. The van der Waals surface area contributed by atoms with Crippen LogP contribution in [0.5, 0.6) is 0 Å². The molecule has 10 heteroatoms. The number of allylic oxidation sites excluding steroid dienone is 1. The molecule has 8 nitrogen and oxygen atoms in total. The van der Waals surface area contributed by atoms with Gasteiger partial charge in [0.25, 0.3) is 5.91 Å². The number of anilines is 1. The third-order valence-electron chi connectivity index (χ3n) is 4.97. The van der Waals surface area contributed by atoms with Gasteiger partial charge < -0.3 is 15.2 Å². The highest BCUT2D eigenvalue weighted by Gasteiger charge is 2.16. The van der Waals surface area contributed by atoms with Crippen LogP contribution in [-0.2, 0) is 17.9 Å². The second kappa shape index (κ2) is 11.6. The number of aryl methyl sites for hydroxylation is 1. The number of thiazole rings is 1. The summed E-state index contributed by atoms with van der Waals surface area (Å²) in [5.74, 6) is 0.349. The zero-order valence-electron chi connectivity index (χ0n) is 19.1. The number of carbonyl (C=O) groups is 2. The van der Waals surface area contributed by atoms with Crippen molar-refractivity contribution in [2.45, 2.75) is 25.2 Å². The molecule has 0 atom stereocenters. The minimum absolute atomic E-state index is 0.144. The molecule has 0 aliphatic rings. The molecule has 0 saturated carbocycles. The standard InChI is InChI=1S/C25H24N6O2S2/c1-3-14-31-20(15-26-23(33)19-12-8-5-9-13-19)29-30-25(31)34-16-21(32)27-24-28-22(17(2)35-24)18-10-6-4-7-11-18/h3-13H,1,14-16H2,2H3,(H,26,33)(H,27,28,32). The Kier molecular flexibility index (Phi) is 8.07. The number of amides is 2. The van der Waals surface area contributed by atoms with Crippen LogP contribution in [0.25, 0.3) is 11.3 Å². The first-order chi connectivity index (χ1) is 17.0. The van der Waals surface area contributed by atoms with Crippen LogP contribution in [0.15, 0.2) is 78.5 Å². The van der Waals surface area contributed by atoms with Gasteiger partial charge in [0.05, 0.1) is 18.0 Å². The minimum atomic E-state index is -0.194. The van der Waals surface area contributed by atoms with Crippen LogP contribution < -0.4 is 10.6 Å². The topological polar surface area (TPSA) is 102 Å².